The molecule has 0 spiro atoms. The Balaban J connectivity index is 2.03. The molecule has 0 unspecified atom stereocenters. The van der Waals surface area contributed by atoms with E-state index < -0.39 is 47.7 Å². The van der Waals surface area contributed by atoms with Crippen LogP contribution in [0.15, 0.2) is 42.5 Å². The number of halogens is 7. The molecule has 0 saturated heterocycles. The van der Waals surface area contributed by atoms with Crippen LogP contribution in [0.1, 0.15) is 21.5 Å². The summed E-state index contributed by atoms with van der Waals surface area (Å²) in [5.74, 6) is -2.24. The molecule has 28 heavy (non-hydrogen) atoms. The molecule has 1 amide bonds. The van der Waals surface area contributed by atoms with Crippen LogP contribution in [0.2, 0.25) is 5.02 Å². The van der Waals surface area contributed by atoms with Gasteiger partial charge in [-0.1, -0.05) is 17.7 Å². The first-order valence-corrected chi connectivity index (χ1v) is 7.77. The molecular weight excluding hydrogens is 416 g/mol. The Kier molecular flexibility index (Phi) is 6.23. The summed E-state index contributed by atoms with van der Waals surface area (Å²) >= 11 is 5.68. The predicted molar refractivity (Wildman–Crippen MR) is 86.8 cm³/mol. The molecule has 0 radical (unpaired) electrons. The summed E-state index contributed by atoms with van der Waals surface area (Å²) in [4.78, 5) is 23.6. The zero-order valence-corrected chi connectivity index (χ0v) is 14.4. The van der Waals surface area contributed by atoms with Crippen LogP contribution in [0.25, 0.3) is 0 Å². The lowest BCUT2D eigenvalue weighted by molar-refractivity contribution is -0.138. The summed E-state index contributed by atoms with van der Waals surface area (Å²) in [5, 5.41) is 1.53. The van der Waals surface area contributed by atoms with Gasteiger partial charge >= 0.3 is 18.3 Å². The Hall–Kier alpha value is -2.75. The quantitative estimate of drug-likeness (QED) is 0.543. The summed E-state index contributed by atoms with van der Waals surface area (Å²) in [7, 11) is 0. The number of amides is 1. The van der Waals surface area contributed by atoms with E-state index in [0.29, 0.717) is 18.2 Å². The van der Waals surface area contributed by atoms with E-state index in [0.717, 1.165) is 24.3 Å². The number of carbonyl (C=O) groups is 2. The van der Waals surface area contributed by atoms with Crippen molar-refractivity contribution in [2.45, 2.75) is 12.4 Å². The first-order chi connectivity index (χ1) is 12.9. The van der Waals surface area contributed by atoms with Crippen molar-refractivity contribution in [2.75, 3.05) is 11.9 Å². The van der Waals surface area contributed by atoms with Gasteiger partial charge in [0.15, 0.2) is 6.61 Å². The summed E-state index contributed by atoms with van der Waals surface area (Å²) in [6.45, 7) is -0.970. The molecule has 0 aliphatic heterocycles. The Labute approximate surface area is 159 Å². The lowest BCUT2D eigenvalue weighted by Gasteiger charge is -2.15. The molecule has 2 rings (SSSR count). The largest absolute Gasteiger partial charge is 0.452 e. The van der Waals surface area contributed by atoms with Crippen LogP contribution in [-0.2, 0) is 21.9 Å². The second kappa shape index (κ2) is 8.09. The molecule has 11 heteroatoms. The molecule has 0 fully saturated rings. The normalized spacial score (nSPS) is 11.8. The Morgan fingerprint density at radius 2 is 1.54 bits per heavy atom. The molecule has 0 heterocycles. The molecule has 0 aliphatic carbocycles. The third kappa shape index (κ3) is 5.38. The van der Waals surface area contributed by atoms with Crippen LogP contribution in [0, 0.1) is 0 Å². The first kappa shape index (κ1) is 21.5. The van der Waals surface area contributed by atoms with E-state index in [-0.39, 0.29) is 10.6 Å². The van der Waals surface area contributed by atoms with Gasteiger partial charge in [0, 0.05) is 0 Å². The minimum Gasteiger partial charge on any atom is -0.452 e. The highest BCUT2D eigenvalue weighted by atomic mass is 35.5. The fourth-order valence-corrected chi connectivity index (χ4v) is 2.29. The highest BCUT2D eigenvalue weighted by molar-refractivity contribution is 6.34. The highest BCUT2D eigenvalue weighted by Gasteiger charge is 2.35. The van der Waals surface area contributed by atoms with Gasteiger partial charge in [-0.15, -0.1) is 0 Å². The lowest BCUT2D eigenvalue weighted by Crippen LogP contribution is -2.23. The zero-order chi connectivity index (χ0) is 21.1. The number of hydrogen-bond acceptors (Lipinski definition) is 3. The van der Waals surface area contributed by atoms with Gasteiger partial charge in [-0.25, -0.2) is 4.79 Å². The molecule has 2 aromatic rings. The van der Waals surface area contributed by atoms with E-state index in [4.69, 9.17) is 11.6 Å². The number of ether oxygens (including phenoxy) is 1. The van der Waals surface area contributed by atoms with Crippen LogP contribution >= 0.6 is 11.6 Å². The van der Waals surface area contributed by atoms with Crippen LogP contribution in [0.5, 0.6) is 0 Å². The smallest absolute Gasteiger partial charge is 0.418 e. The standard InChI is InChI=1S/C17H10ClF6NO3/c18-12-3-1-2-11(17(22,23)24)14(12)25-13(26)8-28-15(27)9-4-6-10(7-5-9)16(19,20)21/h1-7H,8H2,(H,25,26). The van der Waals surface area contributed by atoms with Crippen molar-refractivity contribution in [1.29, 1.82) is 0 Å². The van der Waals surface area contributed by atoms with E-state index in [1.54, 1.807) is 0 Å². The van der Waals surface area contributed by atoms with E-state index in [1.807, 2.05) is 5.32 Å². The third-order valence-electron chi connectivity index (χ3n) is 3.37. The molecule has 4 nitrogen and oxygen atoms in total. The maximum absolute atomic E-state index is 13.0. The van der Waals surface area contributed by atoms with Gasteiger partial charge in [-0.2, -0.15) is 26.3 Å². The molecule has 0 atom stereocenters. The zero-order valence-electron chi connectivity index (χ0n) is 13.6. The van der Waals surface area contributed by atoms with Crippen molar-refractivity contribution in [3.8, 4) is 0 Å². The third-order valence-corrected chi connectivity index (χ3v) is 3.68. The molecule has 0 aliphatic rings. The number of esters is 1. The van der Waals surface area contributed by atoms with Gasteiger partial charge in [0.1, 0.15) is 0 Å². The predicted octanol–water partition coefficient (Wildman–Crippen LogP) is 5.17. The van der Waals surface area contributed by atoms with Gasteiger partial charge in [-0.05, 0) is 36.4 Å². The summed E-state index contributed by atoms with van der Waals surface area (Å²) in [6.07, 6.45) is -9.38. The van der Waals surface area contributed by atoms with Gasteiger partial charge in [-0.3, -0.25) is 4.79 Å². The topological polar surface area (TPSA) is 55.4 Å². The number of hydrogen-bond donors (Lipinski definition) is 1. The maximum Gasteiger partial charge on any atom is 0.418 e. The van der Waals surface area contributed by atoms with Crippen molar-refractivity contribution in [1.82, 2.24) is 0 Å². The molecule has 0 saturated carbocycles. The number of nitrogens with one attached hydrogen (secondary N) is 1. The summed E-state index contributed by atoms with van der Waals surface area (Å²) in [5.41, 5.74) is -3.15. The second-order valence-electron chi connectivity index (χ2n) is 5.36. The van der Waals surface area contributed by atoms with Gasteiger partial charge in [0.2, 0.25) is 0 Å². The number of alkyl halides is 6. The number of benzene rings is 2. The van der Waals surface area contributed by atoms with E-state index in [2.05, 4.69) is 4.74 Å². The number of para-hydroxylation sites is 1. The average Bonchev–Trinajstić information content (AvgIpc) is 2.60. The van der Waals surface area contributed by atoms with Crippen molar-refractivity contribution in [3.63, 3.8) is 0 Å². The second-order valence-corrected chi connectivity index (χ2v) is 5.77. The van der Waals surface area contributed by atoms with Gasteiger partial charge < -0.3 is 10.1 Å². The van der Waals surface area contributed by atoms with Crippen molar-refractivity contribution >= 4 is 29.2 Å². The van der Waals surface area contributed by atoms with Crippen LogP contribution in [0.4, 0.5) is 32.0 Å². The summed E-state index contributed by atoms with van der Waals surface area (Å²) < 4.78 is 80.9. The molecule has 0 bridgehead atoms. The number of rotatable bonds is 4. The molecule has 1 N–H and O–H groups in total. The van der Waals surface area contributed by atoms with Gasteiger partial charge in [0.05, 0.1) is 27.4 Å². The molecular formula is C17H10ClF6NO3. The van der Waals surface area contributed by atoms with Crippen molar-refractivity contribution in [3.05, 3.63) is 64.2 Å². The average molecular weight is 426 g/mol. The maximum atomic E-state index is 13.0. The van der Waals surface area contributed by atoms with Crippen molar-refractivity contribution < 1.29 is 40.7 Å². The Morgan fingerprint density at radius 1 is 0.929 bits per heavy atom. The fraction of sp³-hybridized carbons (Fsp3) is 0.176. The first-order valence-electron chi connectivity index (χ1n) is 7.39. The Bertz CT molecular complexity index is 878. The minimum atomic E-state index is -4.79. The highest BCUT2D eigenvalue weighted by Crippen LogP contribution is 2.38. The van der Waals surface area contributed by atoms with E-state index in [9.17, 15) is 35.9 Å². The SMILES string of the molecule is O=C(COC(=O)c1ccc(C(F)(F)F)cc1)Nc1c(Cl)cccc1C(F)(F)F. The summed E-state index contributed by atoms with van der Waals surface area (Å²) in [6, 6.07) is 5.87. The van der Waals surface area contributed by atoms with Crippen LogP contribution in [-0.4, -0.2) is 18.5 Å². The fourth-order valence-electron chi connectivity index (χ4n) is 2.07. The lowest BCUT2D eigenvalue weighted by atomic mass is 10.1. The van der Waals surface area contributed by atoms with E-state index in [1.165, 1.54) is 0 Å². The monoisotopic (exact) mass is 425 g/mol. The number of anilines is 1. The molecule has 150 valence electrons. The molecule has 2 aromatic carbocycles. The molecule has 0 aromatic heterocycles. The van der Waals surface area contributed by atoms with Crippen molar-refractivity contribution in [2.24, 2.45) is 0 Å². The minimum absolute atomic E-state index is 0.269. The van der Waals surface area contributed by atoms with Gasteiger partial charge in [0.25, 0.3) is 5.91 Å². The van der Waals surface area contributed by atoms with E-state index >= 15 is 0 Å². The number of carbonyl (C=O) groups excluding carboxylic acids is 2. The van der Waals surface area contributed by atoms with Crippen LogP contribution < -0.4 is 5.32 Å². The van der Waals surface area contributed by atoms with Crippen LogP contribution in [0.3, 0.4) is 0 Å². The Morgan fingerprint density at radius 3 is 2.07 bits per heavy atom.